The smallest absolute Gasteiger partial charge is 0.234 e. The SMILES string of the molecule is O=C(CN1CCCCC1CN1CCCC1=O)NC1CCCCCC1. The second kappa shape index (κ2) is 8.84. The Labute approximate surface area is 146 Å². The third-order valence-electron chi connectivity index (χ3n) is 5.92. The van der Waals surface area contributed by atoms with Crippen LogP contribution in [0.15, 0.2) is 0 Å². The van der Waals surface area contributed by atoms with Crippen molar-refractivity contribution in [2.75, 3.05) is 26.2 Å². The van der Waals surface area contributed by atoms with Crippen LogP contribution in [0, 0.1) is 0 Å². The Morgan fingerprint density at radius 3 is 2.42 bits per heavy atom. The van der Waals surface area contributed by atoms with Gasteiger partial charge in [-0.1, -0.05) is 32.1 Å². The summed E-state index contributed by atoms with van der Waals surface area (Å²) in [5.41, 5.74) is 0. The third-order valence-corrected chi connectivity index (χ3v) is 5.92. The van der Waals surface area contributed by atoms with E-state index < -0.39 is 0 Å². The van der Waals surface area contributed by atoms with Crippen LogP contribution in [-0.4, -0.2) is 59.9 Å². The van der Waals surface area contributed by atoms with Gasteiger partial charge in [0.2, 0.25) is 11.8 Å². The number of piperidine rings is 1. The van der Waals surface area contributed by atoms with E-state index in [-0.39, 0.29) is 5.91 Å². The van der Waals surface area contributed by atoms with Crippen molar-refractivity contribution in [2.45, 2.75) is 82.7 Å². The number of nitrogens with one attached hydrogen (secondary N) is 1. The Bertz CT molecular complexity index is 432. The minimum absolute atomic E-state index is 0.182. The molecule has 1 unspecified atom stereocenters. The average Bonchev–Trinajstić information content (AvgIpc) is 2.82. The van der Waals surface area contributed by atoms with Gasteiger partial charge in [0.05, 0.1) is 6.54 Å². The van der Waals surface area contributed by atoms with E-state index in [0.29, 0.717) is 31.0 Å². The predicted molar refractivity (Wildman–Crippen MR) is 94.7 cm³/mol. The molecule has 3 aliphatic rings. The number of likely N-dealkylation sites (tertiary alicyclic amines) is 2. The molecule has 2 amide bonds. The minimum Gasteiger partial charge on any atom is -0.352 e. The molecule has 2 heterocycles. The molecular formula is C19H33N3O2. The molecule has 1 saturated carbocycles. The van der Waals surface area contributed by atoms with E-state index in [4.69, 9.17) is 0 Å². The minimum atomic E-state index is 0.182. The molecule has 0 radical (unpaired) electrons. The van der Waals surface area contributed by atoms with Crippen molar-refractivity contribution in [3.8, 4) is 0 Å². The fourth-order valence-electron chi connectivity index (χ4n) is 4.51. The Balaban J connectivity index is 1.49. The predicted octanol–water partition coefficient (Wildman–Crippen LogP) is 2.30. The molecule has 0 spiro atoms. The first kappa shape index (κ1) is 17.7. The summed E-state index contributed by atoms with van der Waals surface area (Å²) < 4.78 is 0. The van der Waals surface area contributed by atoms with Crippen molar-refractivity contribution in [1.29, 1.82) is 0 Å². The number of carbonyl (C=O) groups is 2. The summed E-state index contributed by atoms with van der Waals surface area (Å²) in [6.07, 6.45) is 12.6. The molecular weight excluding hydrogens is 302 g/mol. The molecule has 0 aromatic rings. The summed E-state index contributed by atoms with van der Waals surface area (Å²) in [5, 5.41) is 3.27. The van der Waals surface area contributed by atoms with Crippen molar-refractivity contribution in [3.05, 3.63) is 0 Å². The molecule has 0 bridgehead atoms. The summed E-state index contributed by atoms with van der Waals surface area (Å²) in [6.45, 7) is 3.21. The van der Waals surface area contributed by atoms with Gasteiger partial charge in [-0.15, -0.1) is 0 Å². The van der Waals surface area contributed by atoms with E-state index in [1.807, 2.05) is 4.90 Å². The molecule has 5 heteroatoms. The van der Waals surface area contributed by atoms with Gasteiger partial charge in [-0.3, -0.25) is 14.5 Å². The van der Waals surface area contributed by atoms with E-state index in [1.165, 1.54) is 38.5 Å². The Kier molecular flexibility index (Phi) is 6.52. The first-order valence-corrected chi connectivity index (χ1v) is 10.0. The second-order valence-electron chi connectivity index (χ2n) is 7.82. The van der Waals surface area contributed by atoms with Gasteiger partial charge in [-0.05, 0) is 38.6 Å². The van der Waals surface area contributed by atoms with Gasteiger partial charge in [-0.2, -0.15) is 0 Å². The maximum Gasteiger partial charge on any atom is 0.234 e. The van der Waals surface area contributed by atoms with E-state index in [1.54, 1.807) is 0 Å². The first-order valence-electron chi connectivity index (χ1n) is 10.0. The Hall–Kier alpha value is -1.10. The number of hydrogen-bond acceptors (Lipinski definition) is 3. The fourth-order valence-corrected chi connectivity index (χ4v) is 4.51. The lowest BCUT2D eigenvalue weighted by atomic mass is 10.0. The number of hydrogen-bond donors (Lipinski definition) is 1. The van der Waals surface area contributed by atoms with Crippen LogP contribution >= 0.6 is 0 Å². The largest absolute Gasteiger partial charge is 0.352 e. The molecule has 0 aromatic carbocycles. The quantitative estimate of drug-likeness (QED) is 0.785. The topological polar surface area (TPSA) is 52.7 Å². The van der Waals surface area contributed by atoms with E-state index >= 15 is 0 Å². The van der Waals surface area contributed by atoms with Crippen molar-refractivity contribution in [3.63, 3.8) is 0 Å². The summed E-state index contributed by atoms with van der Waals surface area (Å²) in [6, 6.07) is 0.740. The molecule has 2 aliphatic heterocycles. The fraction of sp³-hybridized carbons (Fsp3) is 0.895. The average molecular weight is 335 g/mol. The van der Waals surface area contributed by atoms with Gasteiger partial charge in [0.1, 0.15) is 0 Å². The van der Waals surface area contributed by atoms with E-state index in [9.17, 15) is 9.59 Å². The number of carbonyl (C=O) groups excluding carboxylic acids is 2. The van der Waals surface area contributed by atoms with Crippen molar-refractivity contribution < 1.29 is 9.59 Å². The summed E-state index contributed by atoms with van der Waals surface area (Å²) in [4.78, 5) is 28.7. The van der Waals surface area contributed by atoms with Crippen LogP contribution in [-0.2, 0) is 9.59 Å². The van der Waals surface area contributed by atoms with Crippen LogP contribution in [0.1, 0.15) is 70.6 Å². The Morgan fingerprint density at radius 1 is 0.958 bits per heavy atom. The zero-order valence-electron chi connectivity index (χ0n) is 15.0. The highest BCUT2D eigenvalue weighted by Gasteiger charge is 2.30. The monoisotopic (exact) mass is 335 g/mol. The van der Waals surface area contributed by atoms with E-state index in [0.717, 1.165) is 45.3 Å². The normalized spacial score (nSPS) is 27.2. The van der Waals surface area contributed by atoms with Crippen molar-refractivity contribution >= 4 is 11.8 Å². The van der Waals surface area contributed by atoms with Gasteiger partial charge >= 0.3 is 0 Å². The maximum atomic E-state index is 12.5. The molecule has 1 atom stereocenters. The molecule has 2 saturated heterocycles. The van der Waals surface area contributed by atoms with Gasteiger partial charge in [0.25, 0.3) is 0 Å². The van der Waals surface area contributed by atoms with Gasteiger partial charge in [-0.25, -0.2) is 0 Å². The lowest BCUT2D eigenvalue weighted by Crippen LogP contribution is -2.51. The standard InChI is InChI=1S/C19H33N3O2/c23-18(20-16-8-3-1-2-4-9-16)15-21-12-6-5-10-17(21)14-22-13-7-11-19(22)24/h16-17H,1-15H2,(H,20,23). The van der Waals surface area contributed by atoms with Crippen LogP contribution in [0.3, 0.4) is 0 Å². The number of rotatable bonds is 5. The van der Waals surface area contributed by atoms with Crippen LogP contribution in [0.5, 0.6) is 0 Å². The van der Waals surface area contributed by atoms with Crippen molar-refractivity contribution in [1.82, 2.24) is 15.1 Å². The highest BCUT2D eigenvalue weighted by Crippen LogP contribution is 2.21. The summed E-state index contributed by atoms with van der Waals surface area (Å²) in [7, 11) is 0. The summed E-state index contributed by atoms with van der Waals surface area (Å²) >= 11 is 0. The Morgan fingerprint density at radius 2 is 1.71 bits per heavy atom. The molecule has 0 aromatic heterocycles. The molecule has 3 fully saturated rings. The number of nitrogens with zero attached hydrogens (tertiary/aromatic N) is 2. The molecule has 5 nitrogen and oxygen atoms in total. The highest BCUT2D eigenvalue weighted by atomic mass is 16.2. The lowest BCUT2D eigenvalue weighted by molar-refractivity contribution is -0.128. The molecule has 136 valence electrons. The van der Waals surface area contributed by atoms with Gasteiger partial charge in [0.15, 0.2) is 0 Å². The van der Waals surface area contributed by atoms with E-state index in [2.05, 4.69) is 10.2 Å². The molecule has 24 heavy (non-hydrogen) atoms. The molecule has 1 N–H and O–H groups in total. The van der Waals surface area contributed by atoms with Gasteiger partial charge < -0.3 is 10.2 Å². The lowest BCUT2D eigenvalue weighted by Gasteiger charge is -2.37. The number of amides is 2. The van der Waals surface area contributed by atoms with Crippen LogP contribution in [0.2, 0.25) is 0 Å². The van der Waals surface area contributed by atoms with Crippen LogP contribution in [0.4, 0.5) is 0 Å². The summed E-state index contributed by atoms with van der Waals surface area (Å²) in [5.74, 6) is 0.477. The van der Waals surface area contributed by atoms with Crippen LogP contribution in [0.25, 0.3) is 0 Å². The zero-order valence-corrected chi connectivity index (χ0v) is 15.0. The third kappa shape index (κ3) is 4.95. The maximum absolute atomic E-state index is 12.5. The van der Waals surface area contributed by atoms with Gasteiger partial charge in [0, 0.05) is 31.6 Å². The first-order chi connectivity index (χ1) is 11.7. The highest BCUT2D eigenvalue weighted by molar-refractivity contribution is 5.79. The molecule has 1 aliphatic carbocycles. The van der Waals surface area contributed by atoms with Crippen molar-refractivity contribution in [2.24, 2.45) is 0 Å². The molecule has 3 rings (SSSR count). The second-order valence-corrected chi connectivity index (χ2v) is 7.82. The zero-order chi connectivity index (χ0) is 16.8. The van der Waals surface area contributed by atoms with Crippen LogP contribution < -0.4 is 5.32 Å².